The molecule has 0 aliphatic heterocycles. The average molecular weight is 156 g/mol. The molecule has 1 rings (SSSR count). The Morgan fingerprint density at radius 1 is 1.36 bits per heavy atom. The predicted octanol–water partition coefficient (Wildman–Crippen LogP) is 0.215. The van der Waals surface area contributed by atoms with Crippen LogP contribution in [0.2, 0.25) is 0 Å². The zero-order chi connectivity index (χ0) is 8.69. The molecule has 0 aliphatic carbocycles. The largest absolute Gasteiger partial charge is 0.507 e. The third-order valence-electron chi connectivity index (χ3n) is 0.961. The Balaban J connectivity index is 0.000000292. The summed E-state index contributed by atoms with van der Waals surface area (Å²) in [5, 5.41) is 16.3. The first-order valence-electron chi connectivity index (χ1n) is 3.45. The van der Waals surface area contributed by atoms with Gasteiger partial charge in [-0.1, -0.05) is 0 Å². The molecule has 0 radical (unpaired) electrons. The minimum Gasteiger partial charge on any atom is -0.507 e. The lowest BCUT2D eigenvalue weighted by Crippen LogP contribution is -2.25. The predicted molar refractivity (Wildman–Crippen MR) is 42.0 cm³/mol. The molecule has 0 fully saturated rings. The molecule has 0 saturated heterocycles. The van der Waals surface area contributed by atoms with Gasteiger partial charge in [-0.15, -0.1) is 0 Å². The van der Waals surface area contributed by atoms with Crippen LogP contribution in [0.4, 0.5) is 0 Å². The van der Waals surface area contributed by atoms with Crippen molar-refractivity contribution in [2.45, 2.75) is 6.92 Å². The lowest BCUT2D eigenvalue weighted by molar-refractivity contribution is -0.671. The first-order valence-corrected chi connectivity index (χ1v) is 3.45. The molecule has 0 bridgehead atoms. The molecule has 3 heteroatoms. The first kappa shape index (κ1) is 9.91. The average Bonchev–Trinajstić information content (AvgIpc) is 1.97. The van der Waals surface area contributed by atoms with Crippen LogP contribution in [0.15, 0.2) is 24.5 Å². The summed E-state index contributed by atoms with van der Waals surface area (Å²) in [4.78, 5) is 0. The molecule has 11 heavy (non-hydrogen) atoms. The summed E-state index contributed by atoms with van der Waals surface area (Å²) in [5.74, 6) is 0.308. The zero-order valence-electron chi connectivity index (χ0n) is 6.86. The van der Waals surface area contributed by atoms with Gasteiger partial charge in [-0.05, 0) is 6.92 Å². The van der Waals surface area contributed by atoms with E-state index in [-0.39, 0.29) is 6.61 Å². The number of aliphatic hydroxyl groups excluding tert-OH is 1. The smallest absolute Gasteiger partial charge is 0.172 e. The molecule has 2 N–H and O–H groups in total. The third-order valence-corrected chi connectivity index (χ3v) is 0.961. The highest BCUT2D eigenvalue weighted by Gasteiger charge is 1.88. The van der Waals surface area contributed by atoms with E-state index in [1.165, 1.54) is 0 Å². The third kappa shape index (κ3) is 5.36. The molecular formula is C8H14NO2+. The lowest BCUT2D eigenvalue weighted by Gasteiger charge is -1.84. The molecule has 0 unspecified atom stereocenters. The summed E-state index contributed by atoms with van der Waals surface area (Å²) < 4.78 is 1.86. The van der Waals surface area contributed by atoms with E-state index in [1.54, 1.807) is 31.5 Å². The van der Waals surface area contributed by atoms with Gasteiger partial charge in [0.15, 0.2) is 12.4 Å². The quantitative estimate of drug-likeness (QED) is 0.527. The molecule has 1 aromatic rings. The van der Waals surface area contributed by atoms with Crippen molar-refractivity contribution in [2.24, 2.45) is 7.05 Å². The summed E-state index contributed by atoms with van der Waals surface area (Å²) >= 11 is 0. The van der Waals surface area contributed by atoms with Crippen LogP contribution in [0.5, 0.6) is 5.75 Å². The maximum absolute atomic E-state index is 8.74. The Morgan fingerprint density at radius 3 is 2.00 bits per heavy atom. The van der Waals surface area contributed by atoms with Gasteiger partial charge in [0, 0.05) is 18.7 Å². The summed E-state index contributed by atoms with van der Waals surface area (Å²) in [6.07, 6.45) is 3.57. The molecule has 0 spiro atoms. The van der Waals surface area contributed by atoms with Crippen LogP contribution >= 0.6 is 0 Å². The normalized spacial score (nSPS) is 8.27. The van der Waals surface area contributed by atoms with E-state index in [4.69, 9.17) is 10.2 Å². The van der Waals surface area contributed by atoms with Crippen LogP contribution < -0.4 is 4.57 Å². The van der Waals surface area contributed by atoms with Crippen LogP contribution in [0, 0.1) is 0 Å². The lowest BCUT2D eigenvalue weighted by atomic mass is 10.4. The van der Waals surface area contributed by atoms with Crippen LogP contribution in [0.3, 0.4) is 0 Å². The van der Waals surface area contributed by atoms with Gasteiger partial charge in [0.25, 0.3) is 0 Å². The second-order valence-electron chi connectivity index (χ2n) is 2.04. The van der Waals surface area contributed by atoms with Crippen molar-refractivity contribution in [2.75, 3.05) is 6.61 Å². The SMILES string of the molecule is CCO.C[n+]1ccc(O)cc1. The molecule has 0 atom stereocenters. The monoisotopic (exact) mass is 156 g/mol. The molecule has 0 aromatic carbocycles. The van der Waals surface area contributed by atoms with Crippen molar-refractivity contribution >= 4 is 0 Å². The Hall–Kier alpha value is -1.09. The number of aryl methyl sites for hydroxylation is 1. The molecule has 0 aliphatic rings. The maximum Gasteiger partial charge on any atom is 0.172 e. The molecule has 1 heterocycles. The highest BCUT2D eigenvalue weighted by Crippen LogP contribution is 1.99. The van der Waals surface area contributed by atoms with Gasteiger partial charge in [-0.3, -0.25) is 0 Å². The van der Waals surface area contributed by atoms with E-state index in [0.717, 1.165) is 0 Å². The fourth-order valence-electron chi connectivity index (χ4n) is 0.493. The molecule has 3 nitrogen and oxygen atoms in total. The Bertz CT molecular complexity index is 163. The summed E-state index contributed by atoms with van der Waals surface area (Å²) in [6, 6.07) is 3.28. The number of hydrogen-bond donors (Lipinski definition) is 2. The Kier molecular flexibility index (Phi) is 5.11. The minimum atomic E-state index is 0.250. The van der Waals surface area contributed by atoms with Crippen LogP contribution in [-0.4, -0.2) is 16.8 Å². The van der Waals surface area contributed by atoms with E-state index in [9.17, 15) is 0 Å². The molecule has 0 amide bonds. The number of aliphatic hydroxyl groups is 1. The zero-order valence-corrected chi connectivity index (χ0v) is 6.86. The van der Waals surface area contributed by atoms with Crippen LogP contribution in [0.1, 0.15) is 6.92 Å². The van der Waals surface area contributed by atoms with Gasteiger partial charge >= 0.3 is 0 Å². The van der Waals surface area contributed by atoms with Gasteiger partial charge in [0.1, 0.15) is 12.8 Å². The number of rotatable bonds is 0. The summed E-state index contributed by atoms with van der Waals surface area (Å²) in [6.45, 7) is 1.93. The molecule has 1 aromatic heterocycles. The van der Waals surface area contributed by atoms with Crippen molar-refractivity contribution in [3.63, 3.8) is 0 Å². The van der Waals surface area contributed by atoms with Crippen LogP contribution in [-0.2, 0) is 7.05 Å². The van der Waals surface area contributed by atoms with Crippen LogP contribution in [0.25, 0.3) is 0 Å². The summed E-state index contributed by atoms with van der Waals surface area (Å²) in [7, 11) is 1.90. The van der Waals surface area contributed by atoms with Crippen molar-refractivity contribution in [3.05, 3.63) is 24.5 Å². The fraction of sp³-hybridized carbons (Fsp3) is 0.375. The maximum atomic E-state index is 8.74. The standard InChI is InChI=1S/C6H7NO.C2H6O/c1-7-4-2-6(8)3-5-7;1-2-3/h2-5H,1H3;3H,2H2,1H3/p+1. The number of aromatic nitrogens is 1. The Labute approximate surface area is 66.6 Å². The van der Waals surface area contributed by atoms with E-state index in [1.807, 2.05) is 11.6 Å². The number of aromatic hydroxyl groups is 1. The van der Waals surface area contributed by atoms with Crippen molar-refractivity contribution in [3.8, 4) is 5.75 Å². The van der Waals surface area contributed by atoms with Gasteiger partial charge in [-0.25, -0.2) is 4.57 Å². The molecule has 0 saturated carbocycles. The topological polar surface area (TPSA) is 44.3 Å². The van der Waals surface area contributed by atoms with Gasteiger partial charge in [0.2, 0.25) is 0 Å². The van der Waals surface area contributed by atoms with E-state index in [2.05, 4.69) is 0 Å². The highest BCUT2D eigenvalue weighted by atomic mass is 16.3. The van der Waals surface area contributed by atoms with E-state index >= 15 is 0 Å². The second kappa shape index (κ2) is 5.68. The van der Waals surface area contributed by atoms with Crippen molar-refractivity contribution in [1.29, 1.82) is 0 Å². The Morgan fingerprint density at radius 2 is 1.73 bits per heavy atom. The fourth-order valence-corrected chi connectivity index (χ4v) is 0.493. The van der Waals surface area contributed by atoms with Crippen molar-refractivity contribution in [1.82, 2.24) is 0 Å². The van der Waals surface area contributed by atoms with Gasteiger partial charge in [0.05, 0.1) is 0 Å². The van der Waals surface area contributed by atoms with E-state index in [0.29, 0.717) is 5.75 Å². The molecular weight excluding hydrogens is 142 g/mol. The number of pyridine rings is 1. The number of hydrogen-bond acceptors (Lipinski definition) is 2. The van der Waals surface area contributed by atoms with Gasteiger partial charge < -0.3 is 10.2 Å². The van der Waals surface area contributed by atoms with E-state index < -0.39 is 0 Å². The second-order valence-corrected chi connectivity index (χ2v) is 2.04. The van der Waals surface area contributed by atoms with Gasteiger partial charge in [-0.2, -0.15) is 0 Å². The minimum absolute atomic E-state index is 0.250. The first-order chi connectivity index (χ1) is 5.20. The molecule has 62 valence electrons. The summed E-state index contributed by atoms with van der Waals surface area (Å²) in [5.41, 5.74) is 0. The highest BCUT2D eigenvalue weighted by molar-refractivity contribution is 5.11. The number of nitrogens with zero attached hydrogens (tertiary/aromatic N) is 1. The van der Waals surface area contributed by atoms with Crippen molar-refractivity contribution < 1.29 is 14.8 Å².